The smallest absolute Gasteiger partial charge is 0.262 e. The molecule has 0 aliphatic rings. The van der Waals surface area contributed by atoms with Gasteiger partial charge >= 0.3 is 0 Å². The molecule has 8 heteroatoms. The van der Waals surface area contributed by atoms with Crippen LogP contribution in [-0.4, -0.2) is 26.2 Å². The van der Waals surface area contributed by atoms with E-state index in [4.69, 9.17) is 9.52 Å². The molecule has 0 radical (unpaired) electrons. The van der Waals surface area contributed by atoms with E-state index in [1.165, 1.54) is 23.1 Å². The van der Waals surface area contributed by atoms with Crippen molar-refractivity contribution >= 4 is 34.0 Å². The lowest BCUT2D eigenvalue weighted by molar-refractivity contribution is 0.276. The summed E-state index contributed by atoms with van der Waals surface area (Å²) >= 11 is 3.00. The van der Waals surface area contributed by atoms with Crippen LogP contribution >= 0.6 is 23.1 Å². The third kappa shape index (κ3) is 3.83. The van der Waals surface area contributed by atoms with Crippen LogP contribution in [-0.2, 0) is 12.3 Å². The second-order valence-corrected chi connectivity index (χ2v) is 7.66. The number of para-hydroxylation sites is 1. The van der Waals surface area contributed by atoms with Gasteiger partial charge in [0.1, 0.15) is 0 Å². The molecule has 3 heterocycles. The molecule has 0 amide bonds. The van der Waals surface area contributed by atoms with Gasteiger partial charge in [0.05, 0.1) is 22.9 Å². The minimum atomic E-state index is -0.0777. The Morgan fingerprint density at radius 1 is 1.19 bits per heavy atom. The van der Waals surface area contributed by atoms with E-state index in [9.17, 15) is 4.79 Å². The van der Waals surface area contributed by atoms with E-state index >= 15 is 0 Å². The average Bonchev–Trinajstić information content (AvgIpc) is 3.37. The molecule has 0 aliphatic heterocycles. The summed E-state index contributed by atoms with van der Waals surface area (Å²) < 4.78 is 7.02. The van der Waals surface area contributed by atoms with E-state index in [0.29, 0.717) is 34.8 Å². The lowest BCUT2D eigenvalue weighted by Gasteiger charge is -2.12. The molecule has 3 aromatic heterocycles. The second kappa shape index (κ2) is 8.08. The first-order valence-corrected chi connectivity index (χ1v) is 10.3. The minimum Gasteiger partial charge on any atom is -0.462 e. The van der Waals surface area contributed by atoms with Crippen LogP contribution in [0, 0.1) is 0 Å². The number of nitrogens with zero attached hydrogens (tertiary/aromatic N) is 3. The largest absolute Gasteiger partial charge is 0.462 e. The van der Waals surface area contributed by atoms with E-state index < -0.39 is 0 Å². The maximum Gasteiger partial charge on any atom is 0.262 e. The third-order valence-electron chi connectivity index (χ3n) is 4.00. The molecule has 0 atom stereocenters. The molecule has 0 aliphatic carbocycles. The normalized spacial score (nSPS) is 11.3. The van der Waals surface area contributed by atoms with Gasteiger partial charge in [-0.25, -0.2) is 9.97 Å². The van der Waals surface area contributed by atoms with Gasteiger partial charge in [-0.3, -0.25) is 9.36 Å². The molecule has 4 aromatic rings. The quantitative estimate of drug-likeness (QED) is 0.376. The molecule has 0 spiro atoms. The SMILES string of the molecule is O=c1c2ccccc2nc(SCc2csc(-c3ccco3)n2)n1CCCO. The fraction of sp³-hybridized carbons (Fsp3) is 0.211. The Kier molecular flexibility index (Phi) is 5.38. The van der Waals surface area contributed by atoms with Crippen LogP contribution in [0.1, 0.15) is 12.1 Å². The van der Waals surface area contributed by atoms with Gasteiger partial charge in [0.15, 0.2) is 15.9 Å². The number of hydrogen-bond acceptors (Lipinski definition) is 7. The van der Waals surface area contributed by atoms with Crippen LogP contribution in [0.3, 0.4) is 0 Å². The topological polar surface area (TPSA) is 81.2 Å². The first kappa shape index (κ1) is 18.0. The van der Waals surface area contributed by atoms with Gasteiger partial charge in [0.25, 0.3) is 5.56 Å². The number of benzene rings is 1. The molecule has 138 valence electrons. The van der Waals surface area contributed by atoms with E-state index in [1.54, 1.807) is 16.9 Å². The molecule has 4 rings (SSSR count). The second-order valence-electron chi connectivity index (χ2n) is 5.86. The van der Waals surface area contributed by atoms with Crippen LogP contribution in [0.5, 0.6) is 0 Å². The molecule has 0 fully saturated rings. The molecule has 0 bridgehead atoms. The highest BCUT2D eigenvalue weighted by Gasteiger charge is 2.13. The van der Waals surface area contributed by atoms with E-state index in [0.717, 1.165) is 16.5 Å². The molecule has 0 unspecified atom stereocenters. The summed E-state index contributed by atoms with van der Waals surface area (Å²) in [4.78, 5) is 22.1. The highest BCUT2D eigenvalue weighted by Crippen LogP contribution is 2.28. The number of aromatic nitrogens is 3. The van der Waals surface area contributed by atoms with Crippen molar-refractivity contribution in [1.82, 2.24) is 14.5 Å². The number of thioether (sulfide) groups is 1. The number of fused-ring (bicyclic) bond motifs is 1. The zero-order valence-corrected chi connectivity index (χ0v) is 16.0. The summed E-state index contributed by atoms with van der Waals surface area (Å²) in [5.74, 6) is 1.35. The van der Waals surface area contributed by atoms with Crippen LogP contribution in [0.2, 0.25) is 0 Å². The van der Waals surface area contributed by atoms with Crippen molar-refractivity contribution < 1.29 is 9.52 Å². The van der Waals surface area contributed by atoms with Crippen molar-refractivity contribution in [1.29, 1.82) is 0 Å². The summed E-state index contributed by atoms with van der Waals surface area (Å²) in [6, 6.07) is 11.0. The van der Waals surface area contributed by atoms with Crippen LogP contribution < -0.4 is 5.56 Å². The van der Waals surface area contributed by atoms with Crippen molar-refractivity contribution in [3.05, 3.63) is 64.1 Å². The predicted octanol–water partition coefficient (Wildman–Crippen LogP) is 3.79. The Morgan fingerprint density at radius 2 is 2.07 bits per heavy atom. The fourth-order valence-corrected chi connectivity index (χ4v) is 4.52. The summed E-state index contributed by atoms with van der Waals surface area (Å²) in [5.41, 5.74) is 1.51. The lowest BCUT2D eigenvalue weighted by atomic mass is 10.2. The highest BCUT2D eigenvalue weighted by atomic mass is 32.2. The van der Waals surface area contributed by atoms with Gasteiger partial charge in [-0.05, 0) is 30.7 Å². The zero-order valence-electron chi connectivity index (χ0n) is 14.4. The highest BCUT2D eigenvalue weighted by molar-refractivity contribution is 7.98. The lowest BCUT2D eigenvalue weighted by Crippen LogP contribution is -2.24. The van der Waals surface area contributed by atoms with Gasteiger partial charge < -0.3 is 9.52 Å². The van der Waals surface area contributed by atoms with E-state index in [-0.39, 0.29) is 12.2 Å². The Balaban J connectivity index is 1.61. The molecule has 6 nitrogen and oxygen atoms in total. The van der Waals surface area contributed by atoms with Gasteiger partial charge in [0.2, 0.25) is 0 Å². The van der Waals surface area contributed by atoms with E-state index in [2.05, 4.69) is 9.97 Å². The number of rotatable bonds is 7. The number of furan rings is 1. The maximum atomic E-state index is 12.8. The van der Waals surface area contributed by atoms with Gasteiger partial charge in [-0.1, -0.05) is 23.9 Å². The molecule has 0 saturated carbocycles. The summed E-state index contributed by atoms with van der Waals surface area (Å²) in [5, 5.41) is 13.2. The standard InChI is InChI=1S/C19H17N3O3S2/c23-9-4-8-22-18(24)14-5-1-2-6-15(14)21-19(22)27-12-13-11-26-17(20-13)16-7-3-10-25-16/h1-3,5-7,10-11,23H,4,8-9,12H2. The fourth-order valence-electron chi connectivity index (χ4n) is 2.71. The third-order valence-corrected chi connectivity index (χ3v) is 5.91. The summed E-state index contributed by atoms with van der Waals surface area (Å²) in [7, 11) is 0. The Labute approximate surface area is 163 Å². The number of aliphatic hydroxyl groups is 1. The molecular weight excluding hydrogens is 382 g/mol. The van der Waals surface area contributed by atoms with Crippen molar-refractivity contribution in [3.63, 3.8) is 0 Å². The van der Waals surface area contributed by atoms with Crippen LogP contribution in [0.4, 0.5) is 0 Å². The molecule has 27 heavy (non-hydrogen) atoms. The number of thiazole rings is 1. The predicted molar refractivity (Wildman–Crippen MR) is 107 cm³/mol. The van der Waals surface area contributed by atoms with Crippen molar-refractivity contribution in [3.8, 4) is 10.8 Å². The maximum absolute atomic E-state index is 12.8. The van der Waals surface area contributed by atoms with Gasteiger partial charge in [-0.2, -0.15) is 0 Å². The zero-order chi connectivity index (χ0) is 18.6. The molecule has 1 aromatic carbocycles. The minimum absolute atomic E-state index is 0.0297. The van der Waals surface area contributed by atoms with Gasteiger partial charge in [0, 0.05) is 24.3 Å². The Hall–Kier alpha value is -2.42. The van der Waals surface area contributed by atoms with Crippen molar-refractivity contribution in [2.75, 3.05) is 6.61 Å². The van der Waals surface area contributed by atoms with Crippen molar-refractivity contribution in [2.45, 2.75) is 23.9 Å². The summed E-state index contributed by atoms with van der Waals surface area (Å²) in [6.07, 6.45) is 2.14. The summed E-state index contributed by atoms with van der Waals surface area (Å²) in [6.45, 7) is 0.464. The Morgan fingerprint density at radius 3 is 2.89 bits per heavy atom. The Bertz CT molecular complexity index is 1100. The average molecular weight is 399 g/mol. The monoisotopic (exact) mass is 399 g/mol. The number of aliphatic hydroxyl groups excluding tert-OH is 1. The molecular formula is C19H17N3O3S2. The van der Waals surface area contributed by atoms with Gasteiger partial charge in [-0.15, -0.1) is 11.3 Å². The van der Waals surface area contributed by atoms with Crippen molar-refractivity contribution in [2.24, 2.45) is 0 Å². The first-order chi connectivity index (χ1) is 13.3. The van der Waals surface area contributed by atoms with Crippen LogP contribution in [0.25, 0.3) is 21.7 Å². The molecule has 1 N–H and O–H groups in total. The van der Waals surface area contributed by atoms with E-state index in [1.807, 2.05) is 35.7 Å². The molecule has 0 saturated heterocycles. The first-order valence-electron chi connectivity index (χ1n) is 8.48. The number of hydrogen-bond donors (Lipinski definition) is 1. The van der Waals surface area contributed by atoms with Crippen LogP contribution in [0.15, 0.2) is 62.4 Å².